The Morgan fingerprint density at radius 3 is 2.65 bits per heavy atom. The number of methoxy groups -OCH3 is 1. The maximum absolute atomic E-state index is 11.7. The zero-order valence-electron chi connectivity index (χ0n) is 12.1. The van der Waals surface area contributed by atoms with Crippen molar-refractivity contribution in [3.05, 3.63) is 23.9 Å². The standard InChI is InChI=1S/C14H22N4O2/c1-3-15-14(19)18-8-6-17(7-9-18)11-12-4-5-13(20-2)16-10-12/h4-5,10H,3,6-9,11H2,1-2H3,(H,15,19). The van der Waals surface area contributed by atoms with Crippen LogP contribution in [0.25, 0.3) is 0 Å². The molecule has 6 heteroatoms. The quantitative estimate of drug-likeness (QED) is 0.890. The Morgan fingerprint density at radius 2 is 2.10 bits per heavy atom. The molecule has 2 amide bonds. The fraction of sp³-hybridized carbons (Fsp3) is 0.571. The van der Waals surface area contributed by atoms with Gasteiger partial charge < -0.3 is 15.0 Å². The number of nitrogens with one attached hydrogen (secondary N) is 1. The number of amides is 2. The van der Waals surface area contributed by atoms with Crippen LogP contribution < -0.4 is 10.1 Å². The van der Waals surface area contributed by atoms with Crippen LogP contribution in [0.3, 0.4) is 0 Å². The van der Waals surface area contributed by atoms with E-state index in [0.717, 1.165) is 38.3 Å². The van der Waals surface area contributed by atoms with Gasteiger partial charge >= 0.3 is 6.03 Å². The first kappa shape index (κ1) is 14.6. The number of pyridine rings is 1. The summed E-state index contributed by atoms with van der Waals surface area (Å²) < 4.78 is 5.05. The van der Waals surface area contributed by atoms with Crippen LogP contribution in [0.5, 0.6) is 5.88 Å². The van der Waals surface area contributed by atoms with Gasteiger partial charge in [-0.15, -0.1) is 0 Å². The van der Waals surface area contributed by atoms with Crippen molar-refractivity contribution in [1.29, 1.82) is 0 Å². The van der Waals surface area contributed by atoms with Crippen LogP contribution in [0.15, 0.2) is 18.3 Å². The first-order chi connectivity index (χ1) is 9.72. The summed E-state index contributed by atoms with van der Waals surface area (Å²) in [6.45, 7) is 6.80. The van der Waals surface area contributed by atoms with Crippen LogP contribution in [-0.4, -0.2) is 60.6 Å². The number of carbonyl (C=O) groups is 1. The van der Waals surface area contributed by atoms with E-state index >= 15 is 0 Å². The molecule has 0 atom stereocenters. The van der Waals surface area contributed by atoms with Gasteiger partial charge in [-0.1, -0.05) is 6.07 Å². The van der Waals surface area contributed by atoms with Crippen LogP contribution in [0, 0.1) is 0 Å². The Kier molecular flexibility index (Phi) is 5.17. The third-order valence-electron chi connectivity index (χ3n) is 3.40. The minimum Gasteiger partial charge on any atom is -0.481 e. The predicted octanol–water partition coefficient (Wildman–Crippen LogP) is 0.937. The van der Waals surface area contributed by atoms with Crippen molar-refractivity contribution in [1.82, 2.24) is 20.1 Å². The lowest BCUT2D eigenvalue weighted by atomic mass is 10.2. The number of urea groups is 1. The SMILES string of the molecule is CCNC(=O)N1CCN(Cc2ccc(OC)nc2)CC1. The molecule has 1 aromatic rings. The number of ether oxygens (including phenoxy) is 1. The third kappa shape index (κ3) is 3.84. The molecule has 1 aliphatic rings. The van der Waals surface area contributed by atoms with E-state index in [1.165, 1.54) is 0 Å². The normalized spacial score (nSPS) is 16.0. The molecule has 20 heavy (non-hydrogen) atoms. The average molecular weight is 278 g/mol. The van der Waals surface area contributed by atoms with Crippen molar-refractivity contribution in [3.63, 3.8) is 0 Å². The molecule has 110 valence electrons. The van der Waals surface area contributed by atoms with Crippen LogP contribution >= 0.6 is 0 Å². The van der Waals surface area contributed by atoms with E-state index in [-0.39, 0.29) is 6.03 Å². The second-order valence-electron chi connectivity index (χ2n) is 4.81. The maximum Gasteiger partial charge on any atom is 0.317 e. The van der Waals surface area contributed by atoms with Crippen molar-refractivity contribution in [2.45, 2.75) is 13.5 Å². The van der Waals surface area contributed by atoms with Gasteiger partial charge in [0.05, 0.1) is 7.11 Å². The number of carbonyl (C=O) groups excluding carboxylic acids is 1. The number of rotatable bonds is 4. The van der Waals surface area contributed by atoms with E-state index in [4.69, 9.17) is 4.74 Å². The van der Waals surface area contributed by atoms with Crippen molar-refractivity contribution < 1.29 is 9.53 Å². The van der Waals surface area contributed by atoms with Crippen LogP contribution in [0.4, 0.5) is 4.79 Å². The molecule has 6 nitrogen and oxygen atoms in total. The largest absolute Gasteiger partial charge is 0.481 e. The maximum atomic E-state index is 11.7. The molecule has 1 aromatic heterocycles. The average Bonchev–Trinajstić information content (AvgIpc) is 2.49. The molecular weight excluding hydrogens is 256 g/mol. The summed E-state index contributed by atoms with van der Waals surface area (Å²) >= 11 is 0. The summed E-state index contributed by atoms with van der Waals surface area (Å²) in [5, 5.41) is 2.84. The highest BCUT2D eigenvalue weighted by atomic mass is 16.5. The second-order valence-corrected chi connectivity index (χ2v) is 4.81. The van der Waals surface area contributed by atoms with Crippen molar-refractivity contribution >= 4 is 6.03 Å². The van der Waals surface area contributed by atoms with Gasteiger partial charge in [0.15, 0.2) is 0 Å². The van der Waals surface area contributed by atoms with Gasteiger partial charge in [0.25, 0.3) is 0 Å². The van der Waals surface area contributed by atoms with Gasteiger partial charge in [0, 0.05) is 51.5 Å². The molecule has 0 aliphatic carbocycles. The van der Waals surface area contributed by atoms with Crippen LogP contribution in [0.2, 0.25) is 0 Å². The highest BCUT2D eigenvalue weighted by Crippen LogP contribution is 2.11. The summed E-state index contributed by atoms with van der Waals surface area (Å²) in [5.74, 6) is 0.634. The zero-order valence-corrected chi connectivity index (χ0v) is 12.1. The first-order valence-corrected chi connectivity index (χ1v) is 6.97. The lowest BCUT2D eigenvalue weighted by Gasteiger charge is -2.34. The summed E-state index contributed by atoms with van der Waals surface area (Å²) in [5.41, 5.74) is 1.16. The van der Waals surface area contributed by atoms with Gasteiger partial charge in [0.1, 0.15) is 0 Å². The number of aromatic nitrogens is 1. The third-order valence-corrected chi connectivity index (χ3v) is 3.40. The fourth-order valence-corrected chi connectivity index (χ4v) is 2.26. The highest BCUT2D eigenvalue weighted by Gasteiger charge is 2.20. The Hall–Kier alpha value is -1.82. The molecule has 1 N–H and O–H groups in total. The van der Waals surface area contributed by atoms with Crippen LogP contribution in [0.1, 0.15) is 12.5 Å². The lowest BCUT2D eigenvalue weighted by molar-refractivity contribution is 0.135. The van der Waals surface area contributed by atoms with Crippen molar-refractivity contribution in [2.75, 3.05) is 39.8 Å². The van der Waals surface area contributed by atoms with Crippen molar-refractivity contribution in [2.24, 2.45) is 0 Å². The molecule has 1 aliphatic heterocycles. The van der Waals surface area contributed by atoms with E-state index < -0.39 is 0 Å². The van der Waals surface area contributed by atoms with Crippen LogP contribution in [-0.2, 0) is 6.54 Å². The summed E-state index contributed by atoms with van der Waals surface area (Å²) in [7, 11) is 1.61. The summed E-state index contributed by atoms with van der Waals surface area (Å²) in [4.78, 5) is 20.1. The molecule has 0 saturated carbocycles. The summed E-state index contributed by atoms with van der Waals surface area (Å²) in [6, 6.07) is 3.95. The Morgan fingerprint density at radius 1 is 1.35 bits per heavy atom. The fourth-order valence-electron chi connectivity index (χ4n) is 2.26. The number of nitrogens with zero attached hydrogens (tertiary/aromatic N) is 3. The van der Waals surface area contributed by atoms with Gasteiger partial charge in [-0.3, -0.25) is 4.90 Å². The van der Waals surface area contributed by atoms with Gasteiger partial charge in [-0.2, -0.15) is 0 Å². The molecule has 1 saturated heterocycles. The molecule has 2 heterocycles. The lowest BCUT2D eigenvalue weighted by Crippen LogP contribution is -2.51. The topological polar surface area (TPSA) is 57.7 Å². The van der Waals surface area contributed by atoms with E-state index in [2.05, 4.69) is 15.2 Å². The van der Waals surface area contributed by atoms with E-state index in [0.29, 0.717) is 12.4 Å². The van der Waals surface area contributed by atoms with Crippen molar-refractivity contribution in [3.8, 4) is 5.88 Å². The second kappa shape index (κ2) is 7.09. The molecule has 0 radical (unpaired) electrons. The molecule has 0 spiro atoms. The number of piperazine rings is 1. The predicted molar refractivity (Wildman–Crippen MR) is 76.7 cm³/mol. The minimum absolute atomic E-state index is 0.0401. The molecule has 0 aromatic carbocycles. The van der Waals surface area contributed by atoms with Gasteiger partial charge in [-0.25, -0.2) is 9.78 Å². The Bertz CT molecular complexity index is 427. The van der Waals surface area contributed by atoms with E-state index in [1.807, 2.05) is 30.2 Å². The molecule has 1 fully saturated rings. The minimum atomic E-state index is 0.0401. The monoisotopic (exact) mass is 278 g/mol. The summed E-state index contributed by atoms with van der Waals surface area (Å²) in [6.07, 6.45) is 1.84. The molecule has 0 bridgehead atoms. The van der Waals surface area contributed by atoms with E-state index in [1.54, 1.807) is 7.11 Å². The Balaban J connectivity index is 1.80. The molecule has 0 unspecified atom stereocenters. The first-order valence-electron chi connectivity index (χ1n) is 6.97. The van der Waals surface area contributed by atoms with E-state index in [9.17, 15) is 4.79 Å². The Labute approximate surface area is 119 Å². The molecular formula is C14H22N4O2. The smallest absolute Gasteiger partial charge is 0.317 e. The number of hydrogen-bond acceptors (Lipinski definition) is 4. The molecule has 2 rings (SSSR count). The van der Waals surface area contributed by atoms with Gasteiger partial charge in [-0.05, 0) is 12.5 Å². The number of hydrogen-bond donors (Lipinski definition) is 1. The highest BCUT2D eigenvalue weighted by molar-refractivity contribution is 5.74. The zero-order chi connectivity index (χ0) is 14.4. The van der Waals surface area contributed by atoms with Gasteiger partial charge in [0.2, 0.25) is 5.88 Å².